The summed E-state index contributed by atoms with van der Waals surface area (Å²) in [4.78, 5) is 0. The van der Waals surface area contributed by atoms with Crippen LogP contribution in [0.1, 0.15) is 23.1 Å². The lowest BCUT2D eigenvalue weighted by atomic mass is 10.0. The Morgan fingerprint density at radius 1 is 1.42 bits per heavy atom. The summed E-state index contributed by atoms with van der Waals surface area (Å²) in [5.74, 6) is -0.494. The minimum Gasteiger partial charge on any atom is -0.388 e. The van der Waals surface area contributed by atoms with Gasteiger partial charge in [0.2, 0.25) is 0 Å². The molecule has 0 radical (unpaired) electrons. The third-order valence-electron chi connectivity index (χ3n) is 2.97. The number of aromatic nitrogens is 2. The molecule has 0 spiro atoms. The Bertz CT molecular complexity index is 613. The zero-order valence-corrected chi connectivity index (χ0v) is 12.0. The van der Waals surface area contributed by atoms with Crippen LogP contribution in [0.15, 0.2) is 18.2 Å². The van der Waals surface area contributed by atoms with E-state index >= 15 is 0 Å². The lowest BCUT2D eigenvalue weighted by Gasteiger charge is -2.13. The van der Waals surface area contributed by atoms with E-state index in [1.165, 1.54) is 18.2 Å². The van der Waals surface area contributed by atoms with Crippen molar-refractivity contribution >= 4 is 23.2 Å². The van der Waals surface area contributed by atoms with Crippen molar-refractivity contribution in [3.63, 3.8) is 0 Å². The second-order valence-electron chi connectivity index (χ2n) is 4.36. The predicted molar refractivity (Wildman–Crippen MR) is 73.0 cm³/mol. The maximum absolute atomic E-state index is 13.7. The van der Waals surface area contributed by atoms with Crippen LogP contribution in [0.2, 0.25) is 10.0 Å². The van der Waals surface area contributed by atoms with Crippen molar-refractivity contribution in [3.05, 3.63) is 51.0 Å². The standard InChI is InChI=1S/C13H13Cl2FN2O/c1-7-13(15)11(18(2)17-7)6-12(19)9-5-8(14)3-4-10(9)16/h3-5,12,19H,6H2,1-2H3. The Morgan fingerprint density at radius 3 is 2.68 bits per heavy atom. The van der Waals surface area contributed by atoms with Gasteiger partial charge in [0.1, 0.15) is 5.82 Å². The van der Waals surface area contributed by atoms with E-state index in [4.69, 9.17) is 23.2 Å². The Balaban J connectivity index is 2.30. The van der Waals surface area contributed by atoms with Gasteiger partial charge in [0.25, 0.3) is 0 Å². The van der Waals surface area contributed by atoms with Crippen LogP contribution in [0.4, 0.5) is 4.39 Å². The van der Waals surface area contributed by atoms with E-state index in [0.717, 1.165) is 0 Å². The molecule has 0 saturated carbocycles. The highest BCUT2D eigenvalue weighted by atomic mass is 35.5. The smallest absolute Gasteiger partial charge is 0.129 e. The van der Waals surface area contributed by atoms with Crippen molar-refractivity contribution in [3.8, 4) is 0 Å². The minimum atomic E-state index is -1.02. The van der Waals surface area contributed by atoms with Gasteiger partial charge in [-0.1, -0.05) is 23.2 Å². The highest BCUT2D eigenvalue weighted by Gasteiger charge is 2.19. The molecule has 102 valence electrons. The van der Waals surface area contributed by atoms with Crippen LogP contribution in [-0.4, -0.2) is 14.9 Å². The fourth-order valence-corrected chi connectivity index (χ4v) is 2.38. The lowest BCUT2D eigenvalue weighted by molar-refractivity contribution is 0.171. The van der Waals surface area contributed by atoms with Crippen LogP contribution >= 0.6 is 23.2 Å². The van der Waals surface area contributed by atoms with Crippen LogP contribution in [0.5, 0.6) is 0 Å². The average molecular weight is 303 g/mol. The monoisotopic (exact) mass is 302 g/mol. The molecule has 0 bridgehead atoms. The van der Waals surface area contributed by atoms with E-state index in [-0.39, 0.29) is 12.0 Å². The molecular formula is C13H13Cl2FN2O. The Morgan fingerprint density at radius 2 is 2.11 bits per heavy atom. The third kappa shape index (κ3) is 2.91. The molecule has 1 heterocycles. The van der Waals surface area contributed by atoms with Crippen molar-refractivity contribution in [2.75, 3.05) is 0 Å². The van der Waals surface area contributed by atoms with Gasteiger partial charge in [0.15, 0.2) is 0 Å². The molecule has 0 aliphatic rings. The number of aryl methyl sites for hydroxylation is 2. The van der Waals surface area contributed by atoms with Crippen molar-refractivity contribution in [2.45, 2.75) is 19.4 Å². The summed E-state index contributed by atoms with van der Waals surface area (Å²) in [7, 11) is 1.73. The number of halogens is 3. The van der Waals surface area contributed by atoms with Crippen molar-refractivity contribution in [2.24, 2.45) is 7.05 Å². The van der Waals surface area contributed by atoms with E-state index in [0.29, 0.717) is 21.4 Å². The summed E-state index contributed by atoms with van der Waals surface area (Å²) < 4.78 is 15.2. The van der Waals surface area contributed by atoms with Crippen LogP contribution in [-0.2, 0) is 13.5 Å². The van der Waals surface area contributed by atoms with Gasteiger partial charge in [0.05, 0.1) is 22.5 Å². The molecule has 0 aliphatic carbocycles. The van der Waals surface area contributed by atoms with E-state index < -0.39 is 11.9 Å². The summed E-state index contributed by atoms with van der Waals surface area (Å²) in [5, 5.41) is 15.2. The van der Waals surface area contributed by atoms with Gasteiger partial charge >= 0.3 is 0 Å². The Hall–Kier alpha value is -1.10. The van der Waals surface area contributed by atoms with Gasteiger partial charge in [-0.15, -0.1) is 0 Å². The zero-order chi connectivity index (χ0) is 14.2. The first-order valence-corrected chi connectivity index (χ1v) is 6.46. The van der Waals surface area contributed by atoms with E-state index in [9.17, 15) is 9.50 Å². The van der Waals surface area contributed by atoms with Gasteiger partial charge in [0, 0.05) is 24.1 Å². The number of hydrogen-bond acceptors (Lipinski definition) is 2. The van der Waals surface area contributed by atoms with Gasteiger partial charge < -0.3 is 5.11 Å². The van der Waals surface area contributed by atoms with Gasteiger partial charge in [-0.3, -0.25) is 4.68 Å². The second-order valence-corrected chi connectivity index (χ2v) is 5.17. The summed E-state index contributed by atoms with van der Waals surface area (Å²) in [5.41, 5.74) is 1.49. The molecule has 3 nitrogen and oxygen atoms in total. The summed E-state index contributed by atoms with van der Waals surface area (Å²) in [6, 6.07) is 4.09. The van der Waals surface area contributed by atoms with Gasteiger partial charge in [-0.2, -0.15) is 5.10 Å². The normalized spacial score (nSPS) is 12.7. The molecule has 0 fully saturated rings. The number of rotatable bonds is 3. The molecule has 1 N–H and O–H groups in total. The lowest BCUT2D eigenvalue weighted by Crippen LogP contribution is -2.08. The van der Waals surface area contributed by atoms with Crippen LogP contribution in [0, 0.1) is 12.7 Å². The summed E-state index contributed by atoms with van der Waals surface area (Å²) >= 11 is 11.9. The van der Waals surface area contributed by atoms with E-state index in [1.54, 1.807) is 18.7 Å². The molecule has 1 unspecified atom stereocenters. The van der Waals surface area contributed by atoms with E-state index in [1.807, 2.05) is 0 Å². The minimum absolute atomic E-state index is 0.155. The first-order valence-electron chi connectivity index (χ1n) is 5.71. The van der Waals surface area contributed by atoms with Gasteiger partial charge in [-0.05, 0) is 25.1 Å². The molecule has 2 aromatic rings. The highest BCUT2D eigenvalue weighted by molar-refractivity contribution is 6.32. The maximum atomic E-state index is 13.7. The Kier molecular flexibility index (Phi) is 4.13. The molecule has 6 heteroatoms. The number of hydrogen-bond donors (Lipinski definition) is 1. The first-order chi connectivity index (χ1) is 8.90. The molecule has 0 amide bonds. The average Bonchev–Trinajstić information content (AvgIpc) is 2.59. The molecule has 1 atom stereocenters. The molecule has 1 aromatic carbocycles. The van der Waals surface area contributed by atoms with Gasteiger partial charge in [-0.25, -0.2) is 4.39 Å². The number of aliphatic hydroxyl groups excluding tert-OH is 1. The highest BCUT2D eigenvalue weighted by Crippen LogP contribution is 2.28. The van der Waals surface area contributed by atoms with E-state index in [2.05, 4.69) is 5.10 Å². The largest absolute Gasteiger partial charge is 0.388 e. The molecule has 0 aliphatic heterocycles. The van der Waals surface area contributed by atoms with Crippen LogP contribution in [0.25, 0.3) is 0 Å². The van der Waals surface area contributed by atoms with Crippen molar-refractivity contribution < 1.29 is 9.50 Å². The molecular weight excluding hydrogens is 290 g/mol. The molecule has 19 heavy (non-hydrogen) atoms. The van der Waals surface area contributed by atoms with Crippen molar-refractivity contribution in [1.82, 2.24) is 9.78 Å². The topological polar surface area (TPSA) is 38.0 Å². The Labute approximate surface area is 120 Å². The fraction of sp³-hybridized carbons (Fsp3) is 0.308. The second kappa shape index (κ2) is 5.49. The third-order valence-corrected chi connectivity index (χ3v) is 3.69. The first kappa shape index (κ1) is 14.3. The summed E-state index contributed by atoms with van der Waals surface area (Å²) in [6.45, 7) is 1.78. The zero-order valence-electron chi connectivity index (χ0n) is 10.5. The van der Waals surface area contributed by atoms with Crippen LogP contribution in [0.3, 0.4) is 0 Å². The fourth-order valence-electron chi connectivity index (χ4n) is 1.96. The number of aliphatic hydroxyl groups is 1. The van der Waals surface area contributed by atoms with Crippen molar-refractivity contribution in [1.29, 1.82) is 0 Å². The SMILES string of the molecule is Cc1nn(C)c(CC(O)c2cc(Cl)ccc2F)c1Cl. The van der Waals surface area contributed by atoms with Crippen LogP contribution < -0.4 is 0 Å². The molecule has 1 aromatic heterocycles. The number of nitrogens with zero attached hydrogens (tertiary/aromatic N) is 2. The summed E-state index contributed by atoms with van der Waals surface area (Å²) in [6.07, 6.45) is -0.848. The quantitative estimate of drug-likeness (QED) is 0.943. The number of benzene rings is 1. The molecule has 2 rings (SSSR count). The maximum Gasteiger partial charge on any atom is 0.129 e. The predicted octanol–water partition coefficient (Wildman–Crippen LogP) is 3.45. The molecule has 0 saturated heterocycles.